The predicted molar refractivity (Wildman–Crippen MR) is 55.9 cm³/mol. The molecule has 114 valence electrons. The molecule has 0 aliphatic heterocycles. The van der Waals surface area contributed by atoms with Crippen LogP contribution in [0.4, 0.5) is 26.3 Å². The van der Waals surface area contributed by atoms with Gasteiger partial charge in [-0.25, -0.2) is 4.98 Å². The van der Waals surface area contributed by atoms with Crippen LogP contribution < -0.4 is 10.1 Å². The molecule has 0 aliphatic carbocycles. The maximum Gasteiger partial charge on any atom is 0.434 e. The lowest BCUT2D eigenvalue weighted by Crippen LogP contribution is -2.46. The van der Waals surface area contributed by atoms with Crippen molar-refractivity contribution in [3.05, 3.63) is 18.1 Å². The Kier molecular flexibility index (Phi) is 5.15. The van der Waals surface area contributed by atoms with Crippen molar-refractivity contribution in [1.82, 2.24) is 15.3 Å². The van der Waals surface area contributed by atoms with Gasteiger partial charge in [-0.15, -0.1) is 0 Å². The first-order valence-electron chi connectivity index (χ1n) is 5.46. The maximum absolute atomic E-state index is 12.3. The Balaban J connectivity index is 2.89. The van der Waals surface area contributed by atoms with E-state index in [1.165, 1.54) is 6.20 Å². The predicted octanol–water partition coefficient (Wildman–Crippen LogP) is 2.46. The largest absolute Gasteiger partial charge is 0.454 e. The van der Waals surface area contributed by atoms with Gasteiger partial charge in [0.25, 0.3) is 6.10 Å². The summed E-state index contributed by atoms with van der Waals surface area (Å²) in [6.45, 7) is 2.49. The van der Waals surface area contributed by atoms with E-state index in [1.54, 1.807) is 6.92 Å². The van der Waals surface area contributed by atoms with Crippen LogP contribution in [0.1, 0.15) is 12.6 Å². The Morgan fingerprint density at radius 1 is 1.15 bits per heavy atom. The molecule has 1 heterocycles. The van der Waals surface area contributed by atoms with Crippen LogP contribution in [-0.4, -0.2) is 35.0 Å². The Bertz CT molecular complexity index is 420. The molecule has 0 atom stereocenters. The van der Waals surface area contributed by atoms with E-state index in [4.69, 9.17) is 0 Å². The molecule has 0 bridgehead atoms. The van der Waals surface area contributed by atoms with Gasteiger partial charge in [-0.05, 0) is 6.54 Å². The standard InChI is InChI=1S/C10H11F6N3O/c1-2-17-3-6-4-18-5-7(19-6)20-8(9(11,12)13)10(14,15)16/h4-5,8,17H,2-3H2,1H3. The van der Waals surface area contributed by atoms with Crippen molar-refractivity contribution in [2.24, 2.45) is 0 Å². The zero-order valence-corrected chi connectivity index (χ0v) is 10.2. The molecule has 0 saturated heterocycles. The fraction of sp³-hybridized carbons (Fsp3) is 0.600. The molecule has 20 heavy (non-hydrogen) atoms. The van der Waals surface area contributed by atoms with Crippen molar-refractivity contribution in [3.63, 3.8) is 0 Å². The summed E-state index contributed by atoms with van der Waals surface area (Å²) in [7, 11) is 0. The number of nitrogens with one attached hydrogen (secondary N) is 1. The molecule has 0 radical (unpaired) electrons. The van der Waals surface area contributed by atoms with Crippen molar-refractivity contribution < 1.29 is 31.1 Å². The molecule has 0 spiro atoms. The van der Waals surface area contributed by atoms with Crippen LogP contribution in [0.25, 0.3) is 0 Å². The average Bonchev–Trinajstić information content (AvgIpc) is 2.31. The topological polar surface area (TPSA) is 47.0 Å². The lowest BCUT2D eigenvalue weighted by Gasteiger charge is -2.23. The van der Waals surface area contributed by atoms with Crippen LogP contribution >= 0.6 is 0 Å². The summed E-state index contributed by atoms with van der Waals surface area (Å²) < 4.78 is 77.7. The normalized spacial score (nSPS) is 12.8. The van der Waals surface area contributed by atoms with E-state index < -0.39 is 24.3 Å². The van der Waals surface area contributed by atoms with Crippen LogP contribution in [0.3, 0.4) is 0 Å². The second-order valence-electron chi connectivity index (χ2n) is 3.71. The number of hydrogen-bond acceptors (Lipinski definition) is 4. The minimum Gasteiger partial charge on any atom is -0.454 e. The number of hydrogen-bond donors (Lipinski definition) is 1. The maximum atomic E-state index is 12.3. The van der Waals surface area contributed by atoms with Crippen LogP contribution in [0, 0.1) is 0 Å². The molecule has 0 fully saturated rings. The quantitative estimate of drug-likeness (QED) is 0.849. The minimum absolute atomic E-state index is 0.156. The van der Waals surface area contributed by atoms with Crippen molar-refractivity contribution in [1.29, 1.82) is 0 Å². The molecule has 1 rings (SSSR count). The first-order chi connectivity index (χ1) is 9.14. The van der Waals surface area contributed by atoms with Gasteiger partial charge >= 0.3 is 12.4 Å². The smallest absolute Gasteiger partial charge is 0.434 e. The van der Waals surface area contributed by atoms with Gasteiger partial charge < -0.3 is 10.1 Å². The highest BCUT2D eigenvalue weighted by Crippen LogP contribution is 2.35. The molecule has 0 unspecified atom stereocenters. The summed E-state index contributed by atoms with van der Waals surface area (Å²) in [6.07, 6.45) is -13.2. The second-order valence-corrected chi connectivity index (χ2v) is 3.71. The molecular formula is C10H11F6N3O. The van der Waals surface area contributed by atoms with Gasteiger partial charge in [-0.2, -0.15) is 26.3 Å². The summed E-state index contributed by atoms with van der Waals surface area (Å²) in [5, 5.41) is 2.80. The highest BCUT2D eigenvalue weighted by molar-refractivity contribution is 5.09. The molecule has 1 aromatic heterocycles. The summed E-state index contributed by atoms with van der Waals surface area (Å²) in [5.41, 5.74) is 0.174. The third-order valence-electron chi connectivity index (χ3n) is 2.05. The van der Waals surface area contributed by atoms with E-state index in [9.17, 15) is 26.3 Å². The van der Waals surface area contributed by atoms with E-state index in [1.807, 2.05) is 0 Å². The van der Waals surface area contributed by atoms with Crippen LogP contribution in [-0.2, 0) is 6.54 Å². The number of nitrogens with zero attached hydrogens (tertiary/aromatic N) is 2. The van der Waals surface area contributed by atoms with Crippen molar-refractivity contribution in [2.75, 3.05) is 6.54 Å². The molecular weight excluding hydrogens is 292 g/mol. The lowest BCUT2D eigenvalue weighted by molar-refractivity contribution is -0.300. The van der Waals surface area contributed by atoms with Crippen molar-refractivity contribution in [2.45, 2.75) is 31.9 Å². The van der Waals surface area contributed by atoms with Crippen LogP contribution in [0.15, 0.2) is 12.4 Å². The van der Waals surface area contributed by atoms with E-state index >= 15 is 0 Å². The highest BCUT2D eigenvalue weighted by Gasteiger charge is 2.59. The monoisotopic (exact) mass is 303 g/mol. The first kappa shape index (κ1) is 16.5. The minimum atomic E-state index is -5.59. The highest BCUT2D eigenvalue weighted by atomic mass is 19.4. The van der Waals surface area contributed by atoms with Crippen LogP contribution in [0.2, 0.25) is 0 Å². The number of ether oxygens (including phenoxy) is 1. The van der Waals surface area contributed by atoms with Crippen LogP contribution in [0.5, 0.6) is 5.88 Å². The Morgan fingerprint density at radius 3 is 2.25 bits per heavy atom. The summed E-state index contributed by atoms with van der Waals surface area (Å²) in [6, 6.07) is 0. The summed E-state index contributed by atoms with van der Waals surface area (Å²) >= 11 is 0. The second kappa shape index (κ2) is 6.25. The third-order valence-corrected chi connectivity index (χ3v) is 2.05. The Labute approximate surface area is 110 Å². The molecule has 0 aliphatic rings. The van der Waals surface area contributed by atoms with Gasteiger partial charge in [-0.3, -0.25) is 4.98 Å². The summed E-state index contributed by atoms with van der Waals surface area (Å²) in [5.74, 6) is -0.833. The van der Waals surface area contributed by atoms with Gasteiger partial charge in [0.05, 0.1) is 11.9 Å². The lowest BCUT2D eigenvalue weighted by atomic mass is 10.3. The number of halogens is 6. The van der Waals surface area contributed by atoms with E-state index in [-0.39, 0.29) is 12.2 Å². The fourth-order valence-electron chi connectivity index (χ4n) is 1.22. The van der Waals surface area contributed by atoms with Crippen molar-refractivity contribution in [3.8, 4) is 5.88 Å². The van der Waals surface area contributed by atoms with Gasteiger partial charge in [0.2, 0.25) is 5.88 Å². The molecule has 10 heteroatoms. The van der Waals surface area contributed by atoms with Gasteiger partial charge in [0, 0.05) is 12.7 Å². The third kappa shape index (κ3) is 4.83. The van der Waals surface area contributed by atoms with E-state index in [2.05, 4.69) is 20.0 Å². The molecule has 4 nitrogen and oxygen atoms in total. The molecule has 1 N–H and O–H groups in total. The number of rotatable bonds is 5. The zero-order chi connectivity index (χ0) is 15.4. The average molecular weight is 303 g/mol. The molecule has 0 amide bonds. The molecule has 0 saturated carbocycles. The van der Waals surface area contributed by atoms with E-state index in [0.29, 0.717) is 12.7 Å². The fourth-order valence-corrected chi connectivity index (χ4v) is 1.22. The van der Waals surface area contributed by atoms with Gasteiger partial charge in [-0.1, -0.05) is 6.92 Å². The molecule has 0 aromatic carbocycles. The number of alkyl halides is 6. The van der Waals surface area contributed by atoms with Crippen molar-refractivity contribution >= 4 is 0 Å². The summed E-state index contributed by atoms with van der Waals surface area (Å²) in [4.78, 5) is 7.02. The first-order valence-corrected chi connectivity index (χ1v) is 5.46. The zero-order valence-electron chi connectivity index (χ0n) is 10.2. The number of aromatic nitrogens is 2. The van der Waals surface area contributed by atoms with Gasteiger partial charge in [0.15, 0.2) is 0 Å². The Hall–Kier alpha value is -1.58. The Morgan fingerprint density at radius 2 is 1.75 bits per heavy atom. The van der Waals surface area contributed by atoms with E-state index in [0.717, 1.165) is 0 Å². The SMILES string of the molecule is CCNCc1cncc(OC(C(F)(F)F)C(F)(F)F)n1. The van der Waals surface area contributed by atoms with Gasteiger partial charge in [0.1, 0.15) is 0 Å². The molecule has 1 aromatic rings.